The highest BCUT2D eigenvalue weighted by atomic mass is 32.1. The van der Waals surface area contributed by atoms with Crippen LogP contribution in [0.5, 0.6) is 0 Å². The van der Waals surface area contributed by atoms with E-state index in [-0.39, 0.29) is 0 Å². The molecule has 0 bridgehead atoms. The molecule has 0 amide bonds. The molecule has 70 valence electrons. The van der Waals surface area contributed by atoms with Gasteiger partial charge in [-0.3, -0.25) is 9.98 Å². The van der Waals surface area contributed by atoms with Crippen molar-refractivity contribution >= 4 is 17.6 Å². The topological polar surface area (TPSA) is 25.2 Å². The number of pyridine rings is 1. The first-order valence-corrected chi connectivity index (χ1v) is 5.26. The minimum atomic E-state index is 0.652. The van der Waals surface area contributed by atoms with Crippen LogP contribution < -0.4 is 0 Å². The van der Waals surface area contributed by atoms with E-state index >= 15 is 0 Å². The number of hydrogen-bond acceptors (Lipinski definition) is 3. The van der Waals surface area contributed by atoms with Gasteiger partial charge in [0.05, 0.1) is 12.2 Å². The molecule has 0 atom stereocenters. The molecule has 0 N–H and O–H groups in total. The van der Waals surface area contributed by atoms with Gasteiger partial charge in [0.1, 0.15) is 0 Å². The minimum absolute atomic E-state index is 0.652. The lowest BCUT2D eigenvalue weighted by Crippen LogP contribution is -1.85. The fourth-order valence-corrected chi connectivity index (χ4v) is 1.69. The maximum atomic E-state index is 4.31. The maximum absolute atomic E-state index is 4.31. The maximum Gasteiger partial charge on any atom is 0.0812 e. The van der Waals surface area contributed by atoms with Crippen molar-refractivity contribution in [1.82, 2.24) is 4.98 Å². The molecule has 2 aromatic rings. The lowest BCUT2D eigenvalue weighted by molar-refractivity contribution is 0.996. The molecule has 0 aliphatic rings. The fraction of sp³-hybridized carbons (Fsp3) is 0.0909. The summed E-state index contributed by atoms with van der Waals surface area (Å²) in [5.74, 6) is 0. The van der Waals surface area contributed by atoms with E-state index in [2.05, 4.69) is 9.98 Å². The molecular weight excluding hydrogens is 192 g/mol. The third-order valence-electron chi connectivity index (χ3n) is 1.74. The van der Waals surface area contributed by atoms with E-state index in [9.17, 15) is 0 Å². The number of nitrogens with zero attached hydrogens (tertiary/aromatic N) is 2. The van der Waals surface area contributed by atoms with Gasteiger partial charge in [0, 0.05) is 17.3 Å². The van der Waals surface area contributed by atoms with E-state index in [1.54, 1.807) is 17.5 Å². The first-order valence-electron chi connectivity index (χ1n) is 4.38. The van der Waals surface area contributed by atoms with E-state index in [4.69, 9.17) is 0 Å². The number of aliphatic imine (C=N–C) groups is 1. The molecule has 3 heteroatoms. The monoisotopic (exact) mass is 202 g/mol. The number of hydrogen-bond donors (Lipinski definition) is 0. The fourth-order valence-electron chi connectivity index (χ4n) is 1.09. The van der Waals surface area contributed by atoms with Crippen molar-refractivity contribution in [2.24, 2.45) is 4.99 Å². The SMILES string of the molecule is C(=NCc1ccccn1)c1cccs1. The van der Waals surface area contributed by atoms with Crippen molar-refractivity contribution in [3.05, 3.63) is 52.5 Å². The second-order valence-electron chi connectivity index (χ2n) is 2.81. The van der Waals surface area contributed by atoms with E-state index in [1.165, 1.54) is 4.88 Å². The van der Waals surface area contributed by atoms with Gasteiger partial charge in [-0.25, -0.2) is 0 Å². The standard InChI is InChI=1S/C11H10N2S/c1-2-6-13-10(4-1)8-12-9-11-5-3-7-14-11/h1-7,9H,8H2. The molecule has 14 heavy (non-hydrogen) atoms. The number of aromatic nitrogens is 1. The third-order valence-corrected chi connectivity index (χ3v) is 2.55. The van der Waals surface area contributed by atoms with Crippen LogP contribution in [-0.2, 0) is 6.54 Å². The average Bonchev–Trinajstić information content (AvgIpc) is 2.72. The second-order valence-corrected chi connectivity index (χ2v) is 3.79. The van der Waals surface area contributed by atoms with Crippen LogP contribution in [0.25, 0.3) is 0 Å². The van der Waals surface area contributed by atoms with Gasteiger partial charge in [-0.05, 0) is 23.6 Å². The molecule has 0 unspecified atom stereocenters. The zero-order chi connectivity index (χ0) is 9.64. The van der Waals surface area contributed by atoms with Crippen molar-refractivity contribution in [2.75, 3.05) is 0 Å². The molecule has 2 nitrogen and oxygen atoms in total. The summed E-state index contributed by atoms with van der Waals surface area (Å²) < 4.78 is 0. The largest absolute Gasteiger partial charge is 0.285 e. The van der Waals surface area contributed by atoms with Gasteiger partial charge >= 0.3 is 0 Å². The van der Waals surface area contributed by atoms with Gasteiger partial charge < -0.3 is 0 Å². The predicted octanol–water partition coefficient (Wildman–Crippen LogP) is 2.76. The molecule has 0 saturated carbocycles. The Morgan fingerprint density at radius 2 is 2.29 bits per heavy atom. The molecule has 0 saturated heterocycles. The average molecular weight is 202 g/mol. The molecule has 2 rings (SSSR count). The van der Waals surface area contributed by atoms with Gasteiger partial charge in [-0.15, -0.1) is 11.3 Å². The summed E-state index contributed by atoms with van der Waals surface area (Å²) in [6, 6.07) is 9.93. The highest BCUT2D eigenvalue weighted by molar-refractivity contribution is 7.11. The lowest BCUT2D eigenvalue weighted by atomic mass is 10.3. The highest BCUT2D eigenvalue weighted by Crippen LogP contribution is 2.05. The van der Waals surface area contributed by atoms with Crippen LogP contribution in [-0.4, -0.2) is 11.2 Å². The van der Waals surface area contributed by atoms with E-state index in [0.29, 0.717) is 6.54 Å². The predicted molar refractivity (Wildman–Crippen MR) is 59.9 cm³/mol. The third kappa shape index (κ3) is 2.50. The van der Waals surface area contributed by atoms with Gasteiger partial charge in [0.2, 0.25) is 0 Å². The van der Waals surface area contributed by atoms with Gasteiger partial charge in [0.15, 0.2) is 0 Å². The molecular formula is C11H10N2S. The Labute approximate surface area is 87.0 Å². The molecule has 0 aromatic carbocycles. The Morgan fingerprint density at radius 3 is 3.00 bits per heavy atom. The zero-order valence-corrected chi connectivity index (χ0v) is 8.45. The van der Waals surface area contributed by atoms with Gasteiger partial charge in [0.25, 0.3) is 0 Å². The smallest absolute Gasteiger partial charge is 0.0812 e. The molecule has 2 aromatic heterocycles. The first-order chi connectivity index (χ1) is 6.95. The normalized spacial score (nSPS) is 10.9. The van der Waals surface area contributed by atoms with Crippen LogP contribution in [0.3, 0.4) is 0 Å². The molecule has 0 aliphatic carbocycles. The van der Waals surface area contributed by atoms with Crippen molar-refractivity contribution in [3.63, 3.8) is 0 Å². The number of rotatable bonds is 3. The number of thiophene rings is 1. The van der Waals surface area contributed by atoms with Crippen LogP contribution in [0, 0.1) is 0 Å². The molecule has 0 fully saturated rings. The summed E-state index contributed by atoms with van der Waals surface area (Å²) in [6.45, 7) is 0.652. The minimum Gasteiger partial charge on any atom is -0.285 e. The van der Waals surface area contributed by atoms with E-state index in [0.717, 1.165) is 5.69 Å². The van der Waals surface area contributed by atoms with E-state index in [1.807, 2.05) is 41.9 Å². The van der Waals surface area contributed by atoms with Crippen LogP contribution >= 0.6 is 11.3 Å². The van der Waals surface area contributed by atoms with Gasteiger partial charge in [-0.2, -0.15) is 0 Å². The summed E-state index contributed by atoms with van der Waals surface area (Å²) in [5, 5.41) is 2.04. The first kappa shape index (κ1) is 9.09. The second kappa shape index (κ2) is 4.67. The van der Waals surface area contributed by atoms with Crippen molar-refractivity contribution in [1.29, 1.82) is 0 Å². The quantitative estimate of drug-likeness (QED) is 0.702. The molecule has 0 spiro atoms. The van der Waals surface area contributed by atoms with Crippen molar-refractivity contribution < 1.29 is 0 Å². The summed E-state index contributed by atoms with van der Waals surface area (Å²) in [6.07, 6.45) is 3.68. The van der Waals surface area contributed by atoms with Crippen LogP contribution in [0.1, 0.15) is 10.6 Å². The van der Waals surface area contributed by atoms with E-state index < -0.39 is 0 Å². The Kier molecular flexibility index (Phi) is 3.03. The van der Waals surface area contributed by atoms with Gasteiger partial charge in [-0.1, -0.05) is 12.1 Å². The highest BCUT2D eigenvalue weighted by Gasteiger charge is 1.89. The summed E-state index contributed by atoms with van der Waals surface area (Å²) in [4.78, 5) is 9.68. The Balaban J connectivity index is 1.95. The molecule has 0 radical (unpaired) electrons. The molecule has 2 heterocycles. The van der Waals surface area contributed by atoms with Crippen molar-refractivity contribution in [3.8, 4) is 0 Å². The summed E-state index contributed by atoms with van der Waals surface area (Å²) in [5.41, 5.74) is 1.00. The lowest BCUT2D eigenvalue weighted by Gasteiger charge is -1.92. The zero-order valence-electron chi connectivity index (χ0n) is 7.63. The van der Waals surface area contributed by atoms with Crippen LogP contribution in [0.2, 0.25) is 0 Å². The Morgan fingerprint density at radius 1 is 1.29 bits per heavy atom. The van der Waals surface area contributed by atoms with Crippen LogP contribution in [0.15, 0.2) is 46.9 Å². The molecule has 0 aliphatic heterocycles. The summed E-state index contributed by atoms with van der Waals surface area (Å²) >= 11 is 1.69. The Bertz CT molecular complexity index is 392. The van der Waals surface area contributed by atoms with Crippen molar-refractivity contribution in [2.45, 2.75) is 6.54 Å². The summed E-state index contributed by atoms with van der Waals surface area (Å²) in [7, 11) is 0. The van der Waals surface area contributed by atoms with Crippen LogP contribution in [0.4, 0.5) is 0 Å². The Hall–Kier alpha value is -1.48.